The van der Waals surface area contributed by atoms with Gasteiger partial charge in [-0.3, -0.25) is 4.79 Å². The van der Waals surface area contributed by atoms with Gasteiger partial charge in [0.2, 0.25) is 0 Å². The van der Waals surface area contributed by atoms with Crippen molar-refractivity contribution in [2.75, 3.05) is 25.7 Å². The van der Waals surface area contributed by atoms with Gasteiger partial charge in [0.15, 0.2) is 15.5 Å². The van der Waals surface area contributed by atoms with Crippen LogP contribution in [0.15, 0.2) is 54.6 Å². The smallest absolute Gasteiger partial charge is 0.252 e. The maximum Gasteiger partial charge on any atom is 0.252 e. The van der Waals surface area contributed by atoms with Gasteiger partial charge in [-0.2, -0.15) is 5.10 Å². The highest BCUT2D eigenvalue weighted by atomic mass is 32.2. The molecule has 4 aromatic rings. The first-order valence-corrected chi connectivity index (χ1v) is 13.8. The molecule has 1 N–H and O–H groups in total. The Kier molecular flexibility index (Phi) is 6.59. The lowest BCUT2D eigenvalue weighted by atomic mass is 10.0. The van der Waals surface area contributed by atoms with Crippen molar-refractivity contribution >= 4 is 26.8 Å². The van der Waals surface area contributed by atoms with E-state index in [9.17, 15) is 13.2 Å². The predicted molar refractivity (Wildman–Crippen MR) is 141 cm³/mol. The zero-order valence-corrected chi connectivity index (χ0v) is 21.7. The SMILES string of the molecule is COc1ccc(CNC(=O)c2cc(-c3ccc(OC)cc3)nc3c2c(C)nn3C2CCS(=O)(=O)C2)cc1. The van der Waals surface area contributed by atoms with Crippen LogP contribution in [0.4, 0.5) is 0 Å². The van der Waals surface area contributed by atoms with Crippen molar-refractivity contribution in [1.82, 2.24) is 20.1 Å². The normalized spacial score (nSPS) is 16.6. The van der Waals surface area contributed by atoms with Crippen molar-refractivity contribution in [3.63, 3.8) is 0 Å². The zero-order chi connectivity index (χ0) is 26.2. The monoisotopic (exact) mass is 520 g/mol. The number of aryl methyl sites for hydroxylation is 1. The van der Waals surface area contributed by atoms with Gasteiger partial charge >= 0.3 is 0 Å². The maximum absolute atomic E-state index is 13.5. The number of amides is 1. The largest absolute Gasteiger partial charge is 0.497 e. The highest BCUT2D eigenvalue weighted by molar-refractivity contribution is 7.91. The number of carbonyl (C=O) groups is 1. The van der Waals surface area contributed by atoms with Crippen molar-refractivity contribution in [1.29, 1.82) is 0 Å². The average molecular weight is 521 g/mol. The van der Waals surface area contributed by atoms with E-state index in [0.29, 0.717) is 46.7 Å². The van der Waals surface area contributed by atoms with Crippen molar-refractivity contribution in [2.45, 2.75) is 25.9 Å². The van der Waals surface area contributed by atoms with E-state index >= 15 is 0 Å². The lowest BCUT2D eigenvalue weighted by Crippen LogP contribution is -2.23. The van der Waals surface area contributed by atoms with E-state index in [4.69, 9.17) is 14.5 Å². The summed E-state index contributed by atoms with van der Waals surface area (Å²) in [7, 11) is 0.0708. The minimum Gasteiger partial charge on any atom is -0.497 e. The number of sulfone groups is 1. The summed E-state index contributed by atoms with van der Waals surface area (Å²) in [6, 6.07) is 16.3. The number of fused-ring (bicyclic) bond motifs is 1. The van der Waals surface area contributed by atoms with E-state index in [1.807, 2.05) is 55.5 Å². The molecule has 2 aromatic carbocycles. The van der Waals surface area contributed by atoms with Crippen molar-refractivity contribution in [2.24, 2.45) is 0 Å². The number of benzene rings is 2. The first kappa shape index (κ1) is 24.8. The second kappa shape index (κ2) is 9.85. The van der Waals surface area contributed by atoms with Gasteiger partial charge in [-0.05, 0) is 61.4 Å². The number of nitrogens with zero attached hydrogens (tertiary/aromatic N) is 3. The summed E-state index contributed by atoms with van der Waals surface area (Å²) in [5, 5.41) is 8.28. The quantitative estimate of drug-likeness (QED) is 0.395. The van der Waals surface area contributed by atoms with Crippen LogP contribution in [0.25, 0.3) is 22.3 Å². The van der Waals surface area contributed by atoms with Crippen LogP contribution < -0.4 is 14.8 Å². The Labute approximate surface area is 215 Å². The van der Waals surface area contributed by atoms with E-state index < -0.39 is 9.84 Å². The van der Waals surface area contributed by atoms with Gasteiger partial charge in [-0.15, -0.1) is 0 Å². The number of aromatic nitrogens is 3. The summed E-state index contributed by atoms with van der Waals surface area (Å²) in [4.78, 5) is 18.4. The van der Waals surface area contributed by atoms with Gasteiger partial charge in [0.05, 0.1) is 54.1 Å². The highest BCUT2D eigenvalue weighted by Crippen LogP contribution is 2.32. The zero-order valence-electron chi connectivity index (χ0n) is 20.9. The number of rotatable bonds is 7. The summed E-state index contributed by atoms with van der Waals surface area (Å²) in [5.41, 5.74) is 3.89. The number of hydrogen-bond donors (Lipinski definition) is 1. The second-order valence-corrected chi connectivity index (χ2v) is 11.3. The van der Waals surface area contributed by atoms with E-state index in [2.05, 4.69) is 10.4 Å². The van der Waals surface area contributed by atoms with Crippen molar-refractivity contribution < 1.29 is 22.7 Å². The first-order chi connectivity index (χ1) is 17.8. The molecule has 3 heterocycles. The summed E-state index contributed by atoms with van der Waals surface area (Å²) in [5.74, 6) is 1.31. The van der Waals surface area contributed by atoms with Crippen LogP contribution in [0, 0.1) is 6.92 Å². The fourth-order valence-electron chi connectivity index (χ4n) is 4.65. The number of hydrogen-bond acceptors (Lipinski definition) is 7. The van der Waals surface area contributed by atoms with Crippen LogP contribution in [-0.4, -0.2) is 54.8 Å². The molecule has 1 aliphatic heterocycles. The molecular weight excluding hydrogens is 492 g/mol. The third-order valence-electron chi connectivity index (χ3n) is 6.63. The number of methoxy groups -OCH3 is 2. The Morgan fingerprint density at radius 2 is 1.70 bits per heavy atom. The van der Waals surface area contributed by atoms with Gasteiger partial charge < -0.3 is 14.8 Å². The molecule has 0 bridgehead atoms. The molecule has 1 fully saturated rings. The van der Waals surface area contributed by atoms with Crippen LogP contribution >= 0.6 is 0 Å². The number of carbonyl (C=O) groups excluding carboxylic acids is 1. The minimum atomic E-state index is -3.13. The van der Waals surface area contributed by atoms with Crippen molar-refractivity contribution in [3.8, 4) is 22.8 Å². The van der Waals surface area contributed by atoms with E-state index in [-0.39, 0.29) is 23.5 Å². The topological polar surface area (TPSA) is 112 Å². The Hall–Kier alpha value is -3.92. The fraction of sp³-hybridized carbons (Fsp3) is 0.296. The molecule has 5 rings (SSSR count). The number of nitrogens with one attached hydrogen (secondary N) is 1. The number of pyridine rings is 1. The molecule has 0 saturated carbocycles. The van der Waals surface area contributed by atoms with Gasteiger partial charge in [-0.1, -0.05) is 12.1 Å². The molecule has 37 heavy (non-hydrogen) atoms. The first-order valence-electron chi connectivity index (χ1n) is 11.9. The fourth-order valence-corrected chi connectivity index (χ4v) is 6.34. The van der Waals surface area contributed by atoms with E-state index in [1.54, 1.807) is 25.0 Å². The minimum absolute atomic E-state index is 0.0106. The summed E-state index contributed by atoms with van der Waals surface area (Å²) >= 11 is 0. The second-order valence-electron chi connectivity index (χ2n) is 9.10. The summed E-state index contributed by atoms with van der Waals surface area (Å²) in [6.07, 6.45) is 0.464. The molecule has 2 aromatic heterocycles. The highest BCUT2D eigenvalue weighted by Gasteiger charge is 2.32. The Morgan fingerprint density at radius 3 is 2.30 bits per heavy atom. The predicted octanol–water partition coefficient (Wildman–Crippen LogP) is 3.71. The molecule has 9 nitrogen and oxygen atoms in total. The molecule has 0 spiro atoms. The van der Waals surface area contributed by atoms with Crippen LogP contribution in [-0.2, 0) is 16.4 Å². The van der Waals surface area contributed by atoms with E-state index in [0.717, 1.165) is 16.9 Å². The van der Waals surface area contributed by atoms with E-state index in [1.165, 1.54) is 0 Å². The van der Waals surface area contributed by atoms with Gasteiger partial charge in [-0.25, -0.2) is 18.1 Å². The standard InChI is InChI=1S/C27H28N4O5S/c1-17-25-23(27(32)28-15-18-4-8-21(35-2)9-5-18)14-24(19-6-10-22(36-3)11-7-19)29-26(25)31(30-17)20-12-13-37(33,34)16-20/h4-11,14,20H,12-13,15-16H2,1-3H3,(H,28,32). The average Bonchev–Trinajstić information content (AvgIpc) is 3.45. The molecule has 1 unspecified atom stereocenters. The molecule has 192 valence electrons. The Morgan fingerprint density at radius 1 is 1.05 bits per heavy atom. The molecule has 1 saturated heterocycles. The van der Waals surface area contributed by atoms with Gasteiger partial charge in [0.1, 0.15) is 11.5 Å². The summed E-state index contributed by atoms with van der Waals surface area (Å²) in [6.45, 7) is 2.15. The third kappa shape index (κ3) is 5.01. The Bertz CT molecular complexity index is 1560. The van der Waals surface area contributed by atoms with Gasteiger partial charge in [0, 0.05) is 12.1 Å². The third-order valence-corrected chi connectivity index (χ3v) is 8.38. The van der Waals surface area contributed by atoms with Gasteiger partial charge in [0.25, 0.3) is 5.91 Å². The summed E-state index contributed by atoms with van der Waals surface area (Å²) < 4.78 is 36.6. The van der Waals surface area contributed by atoms with Crippen LogP contribution in [0.5, 0.6) is 11.5 Å². The van der Waals surface area contributed by atoms with Crippen molar-refractivity contribution in [3.05, 3.63) is 71.4 Å². The molecule has 1 atom stereocenters. The number of ether oxygens (including phenoxy) is 2. The molecule has 1 amide bonds. The molecule has 0 aliphatic carbocycles. The lowest BCUT2D eigenvalue weighted by Gasteiger charge is -2.13. The Balaban J connectivity index is 1.57. The molecule has 10 heteroatoms. The van der Waals surface area contributed by atoms with Crippen LogP contribution in [0.2, 0.25) is 0 Å². The molecular formula is C27H28N4O5S. The molecule has 1 aliphatic rings. The molecule has 0 radical (unpaired) electrons. The van der Waals surface area contributed by atoms with Crippen LogP contribution in [0.3, 0.4) is 0 Å². The lowest BCUT2D eigenvalue weighted by molar-refractivity contribution is 0.0952. The maximum atomic E-state index is 13.5. The van der Waals surface area contributed by atoms with Crippen LogP contribution in [0.1, 0.15) is 34.1 Å².